The van der Waals surface area contributed by atoms with E-state index in [1.807, 2.05) is 10.8 Å². The van der Waals surface area contributed by atoms with Gasteiger partial charge in [-0.1, -0.05) is 12.1 Å². The van der Waals surface area contributed by atoms with E-state index in [2.05, 4.69) is 10.3 Å². The van der Waals surface area contributed by atoms with Crippen molar-refractivity contribution in [1.82, 2.24) is 18.7 Å². The lowest BCUT2D eigenvalue weighted by Crippen LogP contribution is -2.39. The Morgan fingerprint density at radius 1 is 1.14 bits per heavy atom. The minimum absolute atomic E-state index is 0.209. The lowest BCUT2D eigenvalue weighted by Gasteiger charge is -2.16. The third kappa shape index (κ3) is 5.02. The minimum Gasteiger partial charge on any atom is -0.371 e. The Hall–Kier alpha value is -3.14. The first-order chi connectivity index (χ1) is 13.8. The van der Waals surface area contributed by atoms with Crippen LogP contribution in [0.5, 0.6) is 0 Å². The van der Waals surface area contributed by atoms with Gasteiger partial charge in [-0.3, -0.25) is 13.9 Å². The highest BCUT2D eigenvalue weighted by molar-refractivity contribution is 7.90. The van der Waals surface area contributed by atoms with Crippen LogP contribution in [0.4, 0.5) is 5.82 Å². The molecule has 10 heteroatoms. The van der Waals surface area contributed by atoms with Gasteiger partial charge in [0.2, 0.25) is 0 Å². The molecular weight excluding hydrogens is 394 g/mol. The Morgan fingerprint density at radius 3 is 2.48 bits per heavy atom. The molecule has 0 atom stereocenters. The van der Waals surface area contributed by atoms with Gasteiger partial charge in [0, 0.05) is 44.9 Å². The maximum Gasteiger partial charge on any atom is 0.332 e. The second-order valence-corrected chi connectivity index (χ2v) is 8.81. The number of hydrogen-bond donors (Lipinski definition) is 1. The van der Waals surface area contributed by atoms with Crippen LogP contribution in [0.2, 0.25) is 0 Å². The van der Waals surface area contributed by atoms with Crippen molar-refractivity contribution in [3.8, 4) is 0 Å². The van der Waals surface area contributed by atoms with Crippen LogP contribution < -0.4 is 16.6 Å². The topological polar surface area (TPSA) is 108 Å². The maximum atomic E-state index is 12.6. The first kappa shape index (κ1) is 20.6. The molecule has 1 aromatic carbocycles. The summed E-state index contributed by atoms with van der Waals surface area (Å²) < 4.78 is 27.7. The fraction of sp³-hybridized carbons (Fsp3) is 0.316. The molecule has 0 bridgehead atoms. The van der Waals surface area contributed by atoms with Crippen LogP contribution in [0.15, 0.2) is 63.5 Å². The molecule has 0 saturated carbocycles. The molecule has 29 heavy (non-hydrogen) atoms. The first-order valence-electron chi connectivity index (χ1n) is 9.05. The normalized spacial score (nSPS) is 11.5. The molecule has 0 spiro atoms. The van der Waals surface area contributed by atoms with Gasteiger partial charge in [0.25, 0.3) is 5.56 Å². The maximum absolute atomic E-state index is 12.6. The van der Waals surface area contributed by atoms with Crippen molar-refractivity contribution in [1.29, 1.82) is 0 Å². The number of benzene rings is 1. The van der Waals surface area contributed by atoms with Gasteiger partial charge in [0.15, 0.2) is 9.84 Å². The predicted molar refractivity (Wildman–Crippen MR) is 110 cm³/mol. The number of nitrogens with zero attached hydrogens (tertiary/aromatic N) is 4. The molecule has 2 heterocycles. The standard InChI is InChI=1S/C19H23N5O4S/c1-22-18(25)12-17(21-8-3-10-23-11-9-20-14-23)24(19(22)26)13-15-4-6-16(7-5-15)29(2,27)28/h4-7,9,11-12,14,21H,3,8,10,13H2,1-2H3. The largest absolute Gasteiger partial charge is 0.371 e. The van der Waals surface area contributed by atoms with Gasteiger partial charge >= 0.3 is 5.69 Å². The van der Waals surface area contributed by atoms with Crippen molar-refractivity contribution < 1.29 is 8.42 Å². The molecule has 3 aromatic rings. The van der Waals surface area contributed by atoms with Crippen LogP contribution in [-0.2, 0) is 30.0 Å². The molecule has 0 aliphatic rings. The molecule has 0 unspecified atom stereocenters. The molecule has 9 nitrogen and oxygen atoms in total. The molecule has 0 saturated heterocycles. The summed E-state index contributed by atoms with van der Waals surface area (Å²) in [5.74, 6) is 0.427. The van der Waals surface area contributed by atoms with Gasteiger partial charge in [0.05, 0.1) is 17.8 Å². The van der Waals surface area contributed by atoms with E-state index in [1.165, 1.54) is 29.8 Å². The zero-order valence-corrected chi connectivity index (χ0v) is 17.1. The zero-order chi connectivity index (χ0) is 21.0. The zero-order valence-electron chi connectivity index (χ0n) is 16.3. The number of hydrogen-bond acceptors (Lipinski definition) is 6. The van der Waals surface area contributed by atoms with Crippen molar-refractivity contribution in [2.75, 3.05) is 18.1 Å². The molecule has 0 radical (unpaired) electrons. The SMILES string of the molecule is Cn1c(=O)cc(NCCCn2ccnc2)n(Cc2ccc(S(C)(=O)=O)cc2)c1=O. The molecule has 1 N–H and O–H groups in total. The summed E-state index contributed by atoms with van der Waals surface area (Å²) in [5.41, 5.74) is -0.0859. The second-order valence-electron chi connectivity index (χ2n) is 6.79. The summed E-state index contributed by atoms with van der Waals surface area (Å²) in [6, 6.07) is 7.74. The van der Waals surface area contributed by atoms with Gasteiger partial charge < -0.3 is 9.88 Å². The Balaban J connectivity index is 1.80. The molecule has 0 amide bonds. The average Bonchev–Trinajstić information content (AvgIpc) is 3.19. The molecule has 3 rings (SSSR count). The highest BCUT2D eigenvalue weighted by atomic mass is 32.2. The lowest BCUT2D eigenvalue weighted by molar-refractivity contribution is 0.601. The van der Waals surface area contributed by atoms with Gasteiger partial charge in [-0.15, -0.1) is 0 Å². The highest BCUT2D eigenvalue weighted by Gasteiger charge is 2.11. The van der Waals surface area contributed by atoms with E-state index in [1.54, 1.807) is 24.7 Å². The first-order valence-corrected chi connectivity index (χ1v) is 10.9. The van der Waals surface area contributed by atoms with E-state index in [9.17, 15) is 18.0 Å². The Bertz CT molecular complexity index is 1190. The van der Waals surface area contributed by atoms with Gasteiger partial charge in [0.1, 0.15) is 5.82 Å². The number of aromatic nitrogens is 4. The van der Waals surface area contributed by atoms with Crippen LogP contribution in [0.25, 0.3) is 0 Å². The van der Waals surface area contributed by atoms with Crippen LogP contribution in [0, 0.1) is 0 Å². The van der Waals surface area contributed by atoms with Gasteiger partial charge in [-0.05, 0) is 24.1 Å². The summed E-state index contributed by atoms with van der Waals surface area (Å²) in [5, 5.41) is 3.16. The smallest absolute Gasteiger partial charge is 0.332 e. The van der Waals surface area contributed by atoms with E-state index in [-0.39, 0.29) is 11.4 Å². The quantitative estimate of drug-likeness (QED) is 0.541. The second kappa shape index (κ2) is 8.48. The number of anilines is 1. The average molecular weight is 417 g/mol. The van der Waals surface area contributed by atoms with E-state index in [4.69, 9.17) is 0 Å². The number of nitrogens with one attached hydrogen (secondary N) is 1. The molecule has 0 aliphatic carbocycles. The van der Waals surface area contributed by atoms with E-state index in [0.29, 0.717) is 12.4 Å². The third-order valence-electron chi connectivity index (χ3n) is 4.55. The molecule has 0 fully saturated rings. The van der Waals surface area contributed by atoms with Gasteiger partial charge in [-0.2, -0.15) is 0 Å². The Kier molecular flexibility index (Phi) is 6.02. The number of aryl methyl sites for hydroxylation is 1. The van der Waals surface area contributed by atoms with Crippen molar-refractivity contribution in [3.05, 3.63) is 75.5 Å². The predicted octanol–water partition coefficient (Wildman–Crippen LogP) is 0.697. The molecule has 0 aliphatic heterocycles. The third-order valence-corrected chi connectivity index (χ3v) is 5.68. The number of rotatable bonds is 8. The summed E-state index contributed by atoms with van der Waals surface area (Å²) in [4.78, 5) is 28.9. The van der Waals surface area contributed by atoms with Crippen LogP contribution >= 0.6 is 0 Å². The van der Waals surface area contributed by atoms with Crippen molar-refractivity contribution in [2.45, 2.75) is 24.4 Å². The summed E-state index contributed by atoms with van der Waals surface area (Å²) in [6.07, 6.45) is 7.23. The van der Waals surface area contributed by atoms with Crippen LogP contribution in [-0.4, -0.2) is 39.9 Å². The lowest BCUT2D eigenvalue weighted by atomic mass is 10.2. The van der Waals surface area contributed by atoms with E-state index >= 15 is 0 Å². The summed E-state index contributed by atoms with van der Waals surface area (Å²) >= 11 is 0. The van der Waals surface area contributed by atoms with Gasteiger partial charge in [-0.25, -0.2) is 18.2 Å². The monoisotopic (exact) mass is 417 g/mol. The van der Waals surface area contributed by atoms with E-state index in [0.717, 1.165) is 29.4 Å². The molecule has 154 valence electrons. The minimum atomic E-state index is -3.29. The van der Waals surface area contributed by atoms with Crippen molar-refractivity contribution in [2.24, 2.45) is 7.05 Å². The fourth-order valence-electron chi connectivity index (χ4n) is 2.89. The number of sulfone groups is 1. The highest BCUT2D eigenvalue weighted by Crippen LogP contribution is 2.12. The fourth-order valence-corrected chi connectivity index (χ4v) is 3.52. The number of imidazole rings is 1. The van der Waals surface area contributed by atoms with Crippen LogP contribution in [0.3, 0.4) is 0 Å². The molecular formula is C19H23N5O4S. The van der Waals surface area contributed by atoms with Crippen molar-refractivity contribution >= 4 is 15.7 Å². The van der Waals surface area contributed by atoms with E-state index < -0.39 is 21.1 Å². The van der Waals surface area contributed by atoms with Crippen molar-refractivity contribution in [3.63, 3.8) is 0 Å². The Labute approximate surface area is 168 Å². The summed E-state index contributed by atoms with van der Waals surface area (Å²) in [7, 11) is -1.86. The Morgan fingerprint density at radius 2 is 1.86 bits per heavy atom. The summed E-state index contributed by atoms with van der Waals surface area (Å²) in [6.45, 7) is 1.54. The molecule has 2 aromatic heterocycles. The van der Waals surface area contributed by atoms with Crippen LogP contribution in [0.1, 0.15) is 12.0 Å².